The van der Waals surface area contributed by atoms with Crippen LogP contribution < -0.4 is 10.6 Å². The van der Waals surface area contributed by atoms with Crippen molar-refractivity contribution in [3.8, 4) is 5.75 Å². The molecule has 0 bridgehead atoms. The highest BCUT2D eigenvalue weighted by Crippen LogP contribution is 2.28. The molecule has 0 heterocycles. The maximum atomic E-state index is 6.04. The van der Waals surface area contributed by atoms with Crippen LogP contribution in [0.1, 0.15) is 18.1 Å². The van der Waals surface area contributed by atoms with E-state index in [0.717, 1.165) is 18.4 Å². The minimum Gasteiger partial charge on any atom is -0.495 e. The Balaban J connectivity index is 2.98. The molecule has 0 spiro atoms. The van der Waals surface area contributed by atoms with Crippen molar-refractivity contribution in [3.05, 3.63) is 28.3 Å². The van der Waals surface area contributed by atoms with Crippen LogP contribution in [0.4, 0.5) is 0 Å². The summed E-state index contributed by atoms with van der Waals surface area (Å²) in [5, 5.41) is 0.627. The number of aryl methyl sites for hydroxylation is 1. The zero-order valence-corrected chi connectivity index (χ0v) is 9.80. The first-order valence-electron chi connectivity index (χ1n) is 4.89. The molecule has 2 N–H and O–H groups in total. The second kappa shape index (κ2) is 5.95. The third-order valence-electron chi connectivity index (χ3n) is 2.34. The lowest BCUT2D eigenvalue weighted by Crippen LogP contribution is -2.05. The fourth-order valence-corrected chi connectivity index (χ4v) is 1.79. The predicted octanol–water partition coefficient (Wildman–Crippen LogP) is 2.34. The second-order valence-electron chi connectivity index (χ2n) is 3.23. The quantitative estimate of drug-likeness (QED) is 0.789. The Kier molecular flexibility index (Phi) is 4.88. The van der Waals surface area contributed by atoms with E-state index in [0.29, 0.717) is 17.4 Å². The van der Waals surface area contributed by atoms with Crippen LogP contribution in [0.3, 0.4) is 0 Å². The van der Waals surface area contributed by atoms with E-state index >= 15 is 0 Å². The van der Waals surface area contributed by atoms with Crippen molar-refractivity contribution >= 4 is 11.6 Å². The fraction of sp³-hybridized carbons (Fsp3) is 0.455. The number of rotatable bonds is 5. The van der Waals surface area contributed by atoms with Crippen molar-refractivity contribution in [1.82, 2.24) is 0 Å². The van der Waals surface area contributed by atoms with E-state index in [1.165, 1.54) is 5.56 Å². The van der Waals surface area contributed by atoms with Crippen LogP contribution in [0, 0.1) is 0 Å². The normalized spacial score (nSPS) is 10.4. The van der Waals surface area contributed by atoms with Crippen LogP contribution in [-0.4, -0.2) is 13.7 Å². The van der Waals surface area contributed by atoms with Gasteiger partial charge in [-0.15, -0.1) is 0 Å². The molecule has 0 saturated heterocycles. The molecule has 4 heteroatoms. The molecule has 0 unspecified atom stereocenters. The van der Waals surface area contributed by atoms with Crippen molar-refractivity contribution in [2.75, 3.05) is 13.7 Å². The first-order valence-corrected chi connectivity index (χ1v) is 5.27. The SMILES string of the molecule is CCc1cc(OC)c(Cl)cc1CCON. The number of nitrogens with two attached hydrogens (primary N) is 1. The summed E-state index contributed by atoms with van der Waals surface area (Å²) < 4.78 is 5.16. The summed E-state index contributed by atoms with van der Waals surface area (Å²) in [5.41, 5.74) is 2.38. The molecular weight excluding hydrogens is 214 g/mol. The number of hydrogen-bond donors (Lipinski definition) is 1. The molecule has 0 aliphatic rings. The summed E-state index contributed by atoms with van der Waals surface area (Å²) in [4.78, 5) is 4.57. The van der Waals surface area contributed by atoms with Crippen LogP contribution in [0.25, 0.3) is 0 Å². The average molecular weight is 230 g/mol. The zero-order chi connectivity index (χ0) is 11.3. The van der Waals surface area contributed by atoms with Gasteiger partial charge in [-0.1, -0.05) is 18.5 Å². The molecule has 1 rings (SSSR count). The number of ether oxygens (including phenoxy) is 1. The van der Waals surface area contributed by atoms with E-state index in [1.54, 1.807) is 7.11 Å². The minimum absolute atomic E-state index is 0.496. The largest absolute Gasteiger partial charge is 0.495 e. The van der Waals surface area contributed by atoms with Gasteiger partial charge in [0.2, 0.25) is 0 Å². The number of benzene rings is 1. The van der Waals surface area contributed by atoms with E-state index in [9.17, 15) is 0 Å². The molecule has 0 aliphatic carbocycles. The zero-order valence-electron chi connectivity index (χ0n) is 9.05. The summed E-state index contributed by atoms with van der Waals surface area (Å²) >= 11 is 6.04. The van der Waals surface area contributed by atoms with Gasteiger partial charge in [-0.25, -0.2) is 5.90 Å². The highest BCUT2D eigenvalue weighted by molar-refractivity contribution is 6.32. The lowest BCUT2D eigenvalue weighted by Gasteiger charge is -2.11. The summed E-state index contributed by atoms with van der Waals surface area (Å²) in [5.74, 6) is 5.72. The van der Waals surface area contributed by atoms with Gasteiger partial charge in [0, 0.05) is 0 Å². The highest BCUT2D eigenvalue weighted by atomic mass is 35.5. The van der Waals surface area contributed by atoms with Crippen LogP contribution in [0.5, 0.6) is 5.75 Å². The maximum Gasteiger partial charge on any atom is 0.137 e. The molecule has 0 saturated carbocycles. The van der Waals surface area contributed by atoms with Crippen molar-refractivity contribution < 1.29 is 9.57 Å². The predicted molar refractivity (Wildman–Crippen MR) is 61.2 cm³/mol. The van der Waals surface area contributed by atoms with E-state index in [1.807, 2.05) is 12.1 Å². The van der Waals surface area contributed by atoms with Gasteiger partial charge in [-0.3, -0.25) is 0 Å². The van der Waals surface area contributed by atoms with E-state index in [-0.39, 0.29) is 0 Å². The Labute approximate surface area is 95.1 Å². The Hall–Kier alpha value is -0.770. The maximum absolute atomic E-state index is 6.04. The van der Waals surface area contributed by atoms with E-state index < -0.39 is 0 Å². The molecule has 84 valence electrons. The lowest BCUT2D eigenvalue weighted by molar-refractivity contribution is 0.141. The summed E-state index contributed by atoms with van der Waals surface area (Å²) in [7, 11) is 1.61. The molecule has 1 aromatic carbocycles. The Morgan fingerprint density at radius 3 is 2.60 bits per heavy atom. The summed E-state index contributed by atoms with van der Waals surface area (Å²) in [6.07, 6.45) is 1.71. The fourth-order valence-electron chi connectivity index (χ4n) is 1.52. The van der Waals surface area contributed by atoms with Gasteiger partial charge in [0.15, 0.2) is 0 Å². The van der Waals surface area contributed by atoms with Crippen molar-refractivity contribution in [2.24, 2.45) is 5.90 Å². The summed E-state index contributed by atoms with van der Waals surface area (Å²) in [6.45, 7) is 2.59. The minimum atomic E-state index is 0.496. The lowest BCUT2D eigenvalue weighted by atomic mass is 10.0. The van der Waals surface area contributed by atoms with E-state index in [4.69, 9.17) is 22.2 Å². The van der Waals surface area contributed by atoms with E-state index in [2.05, 4.69) is 11.8 Å². The molecule has 0 aliphatic heterocycles. The molecule has 3 nitrogen and oxygen atoms in total. The van der Waals surface area contributed by atoms with Crippen LogP contribution in [0.2, 0.25) is 5.02 Å². The first-order chi connectivity index (χ1) is 7.22. The topological polar surface area (TPSA) is 44.5 Å². The van der Waals surface area contributed by atoms with Crippen molar-refractivity contribution in [1.29, 1.82) is 0 Å². The Morgan fingerprint density at radius 1 is 1.33 bits per heavy atom. The molecule has 1 aromatic rings. The van der Waals surface area contributed by atoms with Crippen molar-refractivity contribution in [3.63, 3.8) is 0 Å². The van der Waals surface area contributed by atoms with Gasteiger partial charge in [0.05, 0.1) is 18.7 Å². The Morgan fingerprint density at radius 2 is 2.07 bits per heavy atom. The van der Waals surface area contributed by atoms with Crippen LogP contribution in [-0.2, 0) is 17.7 Å². The monoisotopic (exact) mass is 229 g/mol. The third kappa shape index (κ3) is 3.09. The van der Waals surface area contributed by atoms with Crippen LogP contribution >= 0.6 is 11.6 Å². The van der Waals surface area contributed by atoms with Gasteiger partial charge >= 0.3 is 0 Å². The molecule has 0 radical (unpaired) electrons. The molecule has 15 heavy (non-hydrogen) atoms. The summed E-state index contributed by atoms with van der Waals surface area (Å²) in [6, 6.07) is 3.88. The molecular formula is C11H16ClNO2. The Bertz CT molecular complexity index is 329. The van der Waals surface area contributed by atoms with Gasteiger partial charge in [0.25, 0.3) is 0 Å². The second-order valence-corrected chi connectivity index (χ2v) is 3.64. The smallest absolute Gasteiger partial charge is 0.137 e. The van der Waals surface area contributed by atoms with Gasteiger partial charge in [0.1, 0.15) is 5.75 Å². The number of methoxy groups -OCH3 is 1. The molecule has 0 aromatic heterocycles. The molecule has 0 amide bonds. The molecule has 0 fully saturated rings. The van der Waals surface area contributed by atoms with Crippen molar-refractivity contribution in [2.45, 2.75) is 19.8 Å². The third-order valence-corrected chi connectivity index (χ3v) is 2.64. The highest BCUT2D eigenvalue weighted by Gasteiger charge is 2.07. The van der Waals surface area contributed by atoms with Crippen LogP contribution in [0.15, 0.2) is 12.1 Å². The number of hydrogen-bond acceptors (Lipinski definition) is 3. The first kappa shape index (κ1) is 12.3. The van der Waals surface area contributed by atoms with Gasteiger partial charge in [-0.05, 0) is 36.1 Å². The van der Waals surface area contributed by atoms with Gasteiger partial charge < -0.3 is 9.57 Å². The number of halogens is 1. The standard InChI is InChI=1S/C11H16ClNO2/c1-3-8-7-11(14-2)10(12)6-9(8)4-5-15-13/h6-7H,3-5,13H2,1-2H3. The average Bonchev–Trinajstić information content (AvgIpc) is 2.26. The molecule has 0 atom stereocenters. The van der Waals surface area contributed by atoms with Gasteiger partial charge in [-0.2, -0.15) is 0 Å².